The molecule has 0 amide bonds. The van der Waals surface area contributed by atoms with Crippen molar-refractivity contribution < 1.29 is 27.4 Å². The van der Waals surface area contributed by atoms with Crippen LogP contribution in [0.3, 0.4) is 0 Å². The Kier molecular flexibility index (Phi) is 8.53. The molecule has 1 atom stereocenters. The molecule has 6 aromatic rings. The van der Waals surface area contributed by atoms with Crippen LogP contribution in [-0.4, -0.2) is 35.0 Å². The Bertz CT molecular complexity index is 2480. The van der Waals surface area contributed by atoms with Gasteiger partial charge >= 0.3 is 12.1 Å². The van der Waals surface area contributed by atoms with E-state index in [4.69, 9.17) is 9.47 Å². The topological polar surface area (TPSA) is 74.8 Å². The average Bonchev–Trinajstić information content (AvgIpc) is 3.60. The van der Waals surface area contributed by atoms with Crippen molar-refractivity contribution >= 4 is 61.0 Å². The van der Waals surface area contributed by atoms with Gasteiger partial charge in [-0.15, -0.1) is 0 Å². The van der Waals surface area contributed by atoms with Crippen LogP contribution < -0.4 is 19.6 Å². The smallest absolute Gasteiger partial charge is 0.434 e. The lowest BCUT2D eigenvalue weighted by molar-refractivity contribution is -0.140. The Labute approximate surface area is 290 Å². The zero-order valence-electron chi connectivity index (χ0n) is 26.1. The highest BCUT2D eigenvalue weighted by Gasteiger charge is 2.46. The van der Waals surface area contributed by atoms with Gasteiger partial charge in [0.05, 0.1) is 23.8 Å². The summed E-state index contributed by atoms with van der Waals surface area (Å²) >= 11 is 4.30. The molecule has 1 aliphatic heterocycles. The van der Waals surface area contributed by atoms with Crippen LogP contribution in [0.15, 0.2) is 117 Å². The molecule has 3 heterocycles. The number of carbonyl (C=O) groups is 1. The van der Waals surface area contributed by atoms with Crippen LogP contribution in [0.4, 0.5) is 13.2 Å². The molecule has 0 saturated carbocycles. The monoisotopic (exact) mass is 745 g/mol. The van der Waals surface area contributed by atoms with Crippen LogP contribution in [0.25, 0.3) is 27.8 Å². The lowest BCUT2D eigenvalue weighted by atomic mass is 9.90. The maximum Gasteiger partial charge on any atom is 0.434 e. The van der Waals surface area contributed by atoms with Crippen LogP contribution in [0.5, 0.6) is 5.75 Å². The zero-order chi connectivity index (χ0) is 34.4. The molecule has 1 aliphatic rings. The molecule has 4 aromatic carbocycles. The number of halogens is 4. The van der Waals surface area contributed by atoms with Crippen molar-refractivity contribution in [1.82, 2.24) is 9.13 Å². The summed E-state index contributed by atoms with van der Waals surface area (Å²) in [7, 11) is 1.39. The van der Waals surface area contributed by atoms with Crippen LogP contribution in [0.1, 0.15) is 29.7 Å². The van der Waals surface area contributed by atoms with Crippen LogP contribution in [-0.2, 0) is 16.1 Å². The molecule has 49 heavy (non-hydrogen) atoms. The van der Waals surface area contributed by atoms with Gasteiger partial charge in [0.25, 0.3) is 5.56 Å². The second-order valence-electron chi connectivity index (χ2n) is 11.3. The third-order valence-electron chi connectivity index (χ3n) is 8.39. The highest BCUT2D eigenvalue weighted by Crippen LogP contribution is 2.43. The second kappa shape index (κ2) is 12.8. The van der Waals surface area contributed by atoms with E-state index in [2.05, 4.69) is 25.5 Å². The summed E-state index contributed by atoms with van der Waals surface area (Å²) in [5.74, 6) is -1.01. The lowest BCUT2D eigenvalue weighted by Gasteiger charge is -2.28. The predicted octanol–water partition coefficient (Wildman–Crippen LogP) is 7.27. The quantitative estimate of drug-likeness (QED) is 0.161. The third kappa shape index (κ3) is 5.89. The fraction of sp³-hybridized carbons (Fsp3) is 0.162. The van der Waals surface area contributed by atoms with E-state index in [9.17, 15) is 22.8 Å². The predicted molar refractivity (Wildman–Crippen MR) is 186 cm³/mol. The van der Waals surface area contributed by atoms with Crippen molar-refractivity contribution in [2.75, 3.05) is 13.7 Å². The fourth-order valence-electron chi connectivity index (χ4n) is 6.30. The summed E-state index contributed by atoms with van der Waals surface area (Å²) < 4.78 is 59.6. The number of hydrogen-bond donors (Lipinski definition) is 0. The van der Waals surface area contributed by atoms with Gasteiger partial charge in [-0.05, 0) is 53.6 Å². The molecule has 0 spiro atoms. The minimum absolute atomic E-state index is 0.154. The lowest BCUT2D eigenvalue weighted by Crippen LogP contribution is -2.41. The average molecular weight is 747 g/mol. The van der Waals surface area contributed by atoms with E-state index in [1.54, 1.807) is 42.5 Å². The number of allylic oxidation sites excluding steroid dienone is 1. The van der Waals surface area contributed by atoms with Crippen molar-refractivity contribution in [2.24, 2.45) is 4.99 Å². The summed E-state index contributed by atoms with van der Waals surface area (Å²) in [6.07, 6.45) is -1.45. The fourth-order valence-corrected chi connectivity index (χ4v) is 7.55. The summed E-state index contributed by atoms with van der Waals surface area (Å²) in [5.41, 5.74) is 0.115. The first kappa shape index (κ1) is 32.6. The Morgan fingerprint density at radius 1 is 1.00 bits per heavy atom. The van der Waals surface area contributed by atoms with Crippen molar-refractivity contribution in [3.63, 3.8) is 0 Å². The van der Waals surface area contributed by atoms with E-state index in [0.29, 0.717) is 22.9 Å². The molecule has 12 heteroatoms. The SMILES string of the molecule is CCOC(=O)C1=C(C(F)(F)F)N=c2s/c(=C/c3cn(Cc4ccc(Br)cc4)c4ccccc34)c(=O)n2[C@@H]1c1c(OC)ccc2ccccc12. The van der Waals surface area contributed by atoms with Crippen LogP contribution in [0, 0.1) is 0 Å². The highest BCUT2D eigenvalue weighted by atomic mass is 79.9. The van der Waals surface area contributed by atoms with Gasteiger partial charge in [-0.3, -0.25) is 9.36 Å². The number of methoxy groups -OCH3 is 1. The number of nitrogens with zero attached hydrogens (tertiary/aromatic N) is 3. The van der Waals surface area contributed by atoms with Gasteiger partial charge in [-0.1, -0.05) is 87.9 Å². The van der Waals surface area contributed by atoms with Gasteiger partial charge < -0.3 is 14.0 Å². The number of aromatic nitrogens is 2. The molecule has 0 bridgehead atoms. The number of thiazole rings is 1. The molecule has 7 nitrogen and oxygen atoms in total. The number of rotatable bonds is 7. The Hall–Kier alpha value is -4.94. The molecule has 0 radical (unpaired) electrons. The van der Waals surface area contributed by atoms with Gasteiger partial charge in [0.1, 0.15) is 11.8 Å². The summed E-state index contributed by atoms with van der Waals surface area (Å²) in [5, 5.41) is 2.07. The number of ether oxygens (including phenoxy) is 2. The van der Waals surface area contributed by atoms with Gasteiger partial charge in [0, 0.05) is 39.2 Å². The molecule has 248 valence electrons. The highest BCUT2D eigenvalue weighted by molar-refractivity contribution is 9.10. The molecule has 0 aliphatic carbocycles. The van der Waals surface area contributed by atoms with E-state index < -0.39 is 35.0 Å². The standard InChI is InChI=1S/C37H27BrF3N3O4S/c1-3-48-35(46)31-32(30-26-10-5-4-8-22(26)14-17-28(30)47-2)44-34(45)29(49-36(44)42-33(31)37(39,40)41)18-23-20-43(27-11-7-6-9-25(23)27)19-21-12-15-24(38)16-13-21/h4-18,20,32H,3,19H2,1-2H3/b29-18+/t32-/m1/s1. The maximum atomic E-state index is 14.8. The van der Waals surface area contributed by atoms with Crippen LogP contribution in [0.2, 0.25) is 0 Å². The number of para-hydroxylation sites is 1. The third-order valence-corrected chi connectivity index (χ3v) is 9.90. The van der Waals surface area contributed by atoms with E-state index in [0.717, 1.165) is 36.8 Å². The van der Waals surface area contributed by atoms with Crippen molar-refractivity contribution in [2.45, 2.75) is 25.7 Å². The minimum atomic E-state index is -5.03. The Morgan fingerprint density at radius 3 is 2.43 bits per heavy atom. The zero-order valence-corrected chi connectivity index (χ0v) is 28.5. The Morgan fingerprint density at radius 2 is 1.71 bits per heavy atom. The summed E-state index contributed by atoms with van der Waals surface area (Å²) in [6, 6.07) is 24.5. The number of benzene rings is 4. The van der Waals surface area contributed by atoms with Crippen molar-refractivity contribution in [3.05, 3.63) is 143 Å². The van der Waals surface area contributed by atoms with Crippen molar-refractivity contribution in [1.29, 1.82) is 0 Å². The largest absolute Gasteiger partial charge is 0.496 e. The van der Waals surface area contributed by atoms with E-state index in [-0.39, 0.29) is 27.3 Å². The molecule has 0 fully saturated rings. The first-order chi connectivity index (χ1) is 23.6. The maximum absolute atomic E-state index is 14.8. The minimum Gasteiger partial charge on any atom is -0.496 e. The number of carbonyl (C=O) groups excluding carboxylic acids is 1. The number of alkyl halides is 3. The first-order valence-corrected chi connectivity index (χ1v) is 16.9. The summed E-state index contributed by atoms with van der Waals surface area (Å²) in [6.45, 7) is 1.88. The number of esters is 1. The molecule has 2 aromatic heterocycles. The molecule has 0 unspecified atom stereocenters. The van der Waals surface area contributed by atoms with E-state index in [1.807, 2.05) is 54.7 Å². The normalized spacial score (nSPS) is 15.1. The molecular weight excluding hydrogens is 719 g/mol. The molecule has 0 N–H and O–H groups in total. The Balaban J connectivity index is 1.50. The second-order valence-corrected chi connectivity index (χ2v) is 13.2. The van der Waals surface area contributed by atoms with Gasteiger partial charge in [-0.2, -0.15) is 13.2 Å². The van der Waals surface area contributed by atoms with Gasteiger partial charge in [0.15, 0.2) is 10.5 Å². The van der Waals surface area contributed by atoms with Gasteiger partial charge in [-0.25, -0.2) is 9.79 Å². The molecule has 0 saturated heterocycles. The van der Waals surface area contributed by atoms with E-state index in [1.165, 1.54) is 14.0 Å². The number of hydrogen-bond acceptors (Lipinski definition) is 6. The molecule has 7 rings (SSSR count). The summed E-state index contributed by atoms with van der Waals surface area (Å²) in [4.78, 5) is 31.7. The first-order valence-electron chi connectivity index (χ1n) is 15.3. The van der Waals surface area contributed by atoms with Gasteiger partial charge in [0.2, 0.25) is 0 Å². The molecular formula is C37H27BrF3N3O4S. The van der Waals surface area contributed by atoms with E-state index >= 15 is 0 Å². The number of fused-ring (bicyclic) bond motifs is 3. The van der Waals surface area contributed by atoms with Crippen LogP contribution >= 0.6 is 27.3 Å². The van der Waals surface area contributed by atoms with Crippen molar-refractivity contribution in [3.8, 4) is 5.75 Å².